The molecule has 2 aromatic carbocycles. The van der Waals surface area contributed by atoms with Crippen molar-refractivity contribution in [2.45, 2.75) is 38.5 Å². The van der Waals surface area contributed by atoms with E-state index in [0.717, 1.165) is 30.7 Å². The average Bonchev–Trinajstić information content (AvgIpc) is 3.26. The Bertz CT molecular complexity index is 883. The first-order chi connectivity index (χ1) is 14.5. The number of amides is 1. The van der Waals surface area contributed by atoms with Crippen molar-refractivity contribution in [1.29, 1.82) is 5.26 Å². The van der Waals surface area contributed by atoms with E-state index >= 15 is 0 Å². The third-order valence-electron chi connectivity index (χ3n) is 5.21. The van der Waals surface area contributed by atoms with Crippen LogP contribution in [-0.4, -0.2) is 50.3 Å². The zero-order valence-electron chi connectivity index (χ0n) is 17.9. The van der Waals surface area contributed by atoms with Gasteiger partial charge >= 0.3 is 0 Å². The minimum Gasteiger partial charge on any atom is -0.481 e. The van der Waals surface area contributed by atoms with Gasteiger partial charge in [0.05, 0.1) is 17.7 Å². The Morgan fingerprint density at radius 3 is 2.67 bits per heavy atom. The van der Waals surface area contributed by atoms with Gasteiger partial charge < -0.3 is 19.3 Å². The monoisotopic (exact) mass is 407 g/mol. The highest BCUT2D eigenvalue weighted by Gasteiger charge is 2.27. The molecular weight excluding hydrogens is 378 g/mol. The predicted molar refractivity (Wildman–Crippen MR) is 116 cm³/mol. The summed E-state index contributed by atoms with van der Waals surface area (Å²) in [4.78, 5) is 17.1. The molecule has 30 heavy (non-hydrogen) atoms. The molecule has 2 atom stereocenters. The Morgan fingerprint density at radius 2 is 2.03 bits per heavy atom. The lowest BCUT2D eigenvalue weighted by Crippen LogP contribution is -2.43. The Hall–Kier alpha value is -3.04. The van der Waals surface area contributed by atoms with Crippen LogP contribution in [0.4, 0.5) is 5.69 Å². The van der Waals surface area contributed by atoms with E-state index in [1.807, 2.05) is 36.0 Å². The molecule has 1 aliphatic heterocycles. The zero-order valence-corrected chi connectivity index (χ0v) is 17.9. The Labute approximate surface area is 178 Å². The third kappa shape index (κ3) is 5.74. The number of carbonyl (C=O) groups is 1. The van der Waals surface area contributed by atoms with Crippen molar-refractivity contribution in [3.8, 4) is 11.8 Å². The van der Waals surface area contributed by atoms with Crippen LogP contribution in [0.25, 0.3) is 0 Å². The summed E-state index contributed by atoms with van der Waals surface area (Å²) < 4.78 is 11.6. The Balaban J connectivity index is 1.72. The Morgan fingerprint density at radius 1 is 1.27 bits per heavy atom. The maximum atomic E-state index is 13.2. The normalized spacial score (nSPS) is 16.5. The van der Waals surface area contributed by atoms with Crippen molar-refractivity contribution in [1.82, 2.24) is 4.90 Å². The summed E-state index contributed by atoms with van der Waals surface area (Å²) in [5, 5.41) is 9.07. The molecule has 158 valence electrons. The molecule has 0 aliphatic carbocycles. The van der Waals surface area contributed by atoms with Crippen LogP contribution < -0.4 is 9.64 Å². The van der Waals surface area contributed by atoms with Gasteiger partial charge in [0.25, 0.3) is 5.91 Å². The van der Waals surface area contributed by atoms with Gasteiger partial charge in [0.15, 0.2) is 6.10 Å². The molecule has 1 fully saturated rings. The first-order valence-corrected chi connectivity index (χ1v) is 10.3. The van der Waals surface area contributed by atoms with Crippen LogP contribution in [0.5, 0.6) is 5.75 Å². The summed E-state index contributed by atoms with van der Waals surface area (Å²) in [6.07, 6.45) is 1.38. The second-order valence-electron chi connectivity index (χ2n) is 7.81. The topological polar surface area (TPSA) is 65.8 Å². The van der Waals surface area contributed by atoms with Crippen molar-refractivity contribution in [3.63, 3.8) is 0 Å². The first kappa shape index (κ1) is 21.7. The summed E-state index contributed by atoms with van der Waals surface area (Å²) in [6.45, 7) is 3.54. The van der Waals surface area contributed by atoms with Gasteiger partial charge in [0.2, 0.25) is 0 Å². The van der Waals surface area contributed by atoms with E-state index < -0.39 is 6.10 Å². The number of anilines is 1. The largest absolute Gasteiger partial charge is 0.481 e. The van der Waals surface area contributed by atoms with E-state index in [-0.39, 0.29) is 12.0 Å². The van der Waals surface area contributed by atoms with E-state index in [0.29, 0.717) is 24.4 Å². The van der Waals surface area contributed by atoms with E-state index in [1.165, 1.54) is 0 Å². The van der Waals surface area contributed by atoms with Crippen molar-refractivity contribution < 1.29 is 14.3 Å². The second kappa shape index (κ2) is 10.1. The lowest BCUT2D eigenvalue weighted by molar-refractivity contribution is -0.140. The average molecular weight is 408 g/mol. The number of benzene rings is 2. The van der Waals surface area contributed by atoms with E-state index in [2.05, 4.69) is 18.2 Å². The van der Waals surface area contributed by atoms with Gasteiger partial charge in [0.1, 0.15) is 5.75 Å². The summed E-state index contributed by atoms with van der Waals surface area (Å²) in [7, 11) is 4.01. The molecule has 0 saturated carbocycles. The smallest absolute Gasteiger partial charge is 0.263 e. The standard InChI is InChI=1S/C24H29N3O3/c1-18(30-22-7-4-6-20(14-22)15-25)24(28)27(17-23-8-5-13-29-23)16-19-9-11-21(12-10-19)26(2)3/h4,6-7,9-12,14,18,23H,5,8,13,16-17H2,1-3H3. The van der Waals surface area contributed by atoms with E-state index in [4.69, 9.17) is 14.7 Å². The quantitative estimate of drug-likeness (QED) is 0.669. The highest BCUT2D eigenvalue weighted by molar-refractivity contribution is 5.81. The Kier molecular flexibility index (Phi) is 7.31. The van der Waals surface area contributed by atoms with Gasteiger partial charge in [-0.15, -0.1) is 0 Å². The van der Waals surface area contributed by atoms with Crippen LogP contribution in [0.1, 0.15) is 30.9 Å². The number of hydrogen-bond acceptors (Lipinski definition) is 5. The summed E-state index contributed by atoms with van der Waals surface area (Å²) >= 11 is 0. The van der Waals surface area contributed by atoms with Crippen LogP contribution >= 0.6 is 0 Å². The number of rotatable bonds is 8. The molecule has 0 radical (unpaired) electrons. The van der Waals surface area contributed by atoms with Gasteiger partial charge in [-0.1, -0.05) is 18.2 Å². The van der Waals surface area contributed by atoms with Crippen molar-refractivity contribution in [3.05, 3.63) is 59.7 Å². The zero-order chi connectivity index (χ0) is 21.5. The van der Waals surface area contributed by atoms with Gasteiger partial charge in [-0.25, -0.2) is 0 Å². The van der Waals surface area contributed by atoms with Crippen LogP contribution in [0.3, 0.4) is 0 Å². The number of hydrogen-bond donors (Lipinski definition) is 0. The molecule has 0 N–H and O–H groups in total. The molecular formula is C24H29N3O3. The lowest BCUT2D eigenvalue weighted by atomic mass is 10.1. The number of ether oxygens (including phenoxy) is 2. The lowest BCUT2D eigenvalue weighted by Gasteiger charge is -2.28. The maximum Gasteiger partial charge on any atom is 0.263 e. The fourth-order valence-electron chi connectivity index (χ4n) is 3.54. The van der Waals surface area contributed by atoms with Crippen molar-refractivity contribution >= 4 is 11.6 Å². The highest BCUT2D eigenvalue weighted by Crippen LogP contribution is 2.20. The SMILES string of the molecule is CC(Oc1cccc(C#N)c1)C(=O)N(Cc1ccc(N(C)C)cc1)CC1CCCO1. The van der Waals surface area contributed by atoms with Gasteiger partial charge in [-0.2, -0.15) is 5.26 Å². The van der Waals surface area contributed by atoms with E-state index in [9.17, 15) is 4.79 Å². The molecule has 0 spiro atoms. The molecule has 0 bridgehead atoms. The minimum atomic E-state index is -0.665. The molecule has 1 amide bonds. The molecule has 0 aromatic heterocycles. The predicted octanol–water partition coefficient (Wildman–Crippen LogP) is 3.60. The highest BCUT2D eigenvalue weighted by atomic mass is 16.5. The van der Waals surface area contributed by atoms with Crippen LogP contribution in [0.2, 0.25) is 0 Å². The van der Waals surface area contributed by atoms with Crippen LogP contribution in [0.15, 0.2) is 48.5 Å². The molecule has 1 heterocycles. The van der Waals surface area contributed by atoms with Crippen LogP contribution in [0, 0.1) is 11.3 Å². The van der Waals surface area contributed by atoms with Gasteiger partial charge in [-0.05, 0) is 55.7 Å². The molecule has 1 saturated heterocycles. The fourth-order valence-corrected chi connectivity index (χ4v) is 3.54. The summed E-state index contributed by atoms with van der Waals surface area (Å²) in [5.41, 5.74) is 2.68. The van der Waals surface area contributed by atoms with Crippen molar-refractivity contribution in [2.75, 3.05) is 32.1 Å². The van der Waals surface area contributed by atoms with Crippen LogP contribution in [-0.2, 0) is 16.1 Å². The number of carbonyl (C=O) groups excluding carboxylic acids is 1. The van der Waals surface area contributed by atoms with Gasteiger partial charge in [-0.3, -0.25) is 4.79 Å². The molecule has 3 rings (SSSR count). The molecule has 6 nitrogen and oxygen atoms in total. The second-order valence-corrected chi connectivity index (χ2v) is 7.81. The number of nitriles is 1. The molecule has 1 aliphatic rings. The maximum absolute atomic E-state index is 13.2. The first-order valence-electron chi connectivity index (χ1n) is 10.3. The van der Waals surface area contributed by atoms with E-state index in [1.54, 1.807) is 31.2 Å². The molecule has 6 heteroatoms. The van der Waals surface area contributed by atoms with Gasteiger partial charge in [0, 0.05) is 39.5 Å². The molecule has 2 unspecified atom stereocenters. The minimum absolute atomic E-state index is 0.0594. The summed E-state index contributed by atoms with van der Waals surface area (Å²) in [5.74, 6) is 0.423. The third-order valence-corrected chi connectivity index (χ3v) is 5.21. The number of nitrogens with zero attached hydrogens (tertiary/aromatic N) is 3. The molecule has 2 aromatic rings. The fraction of sp³-hybridized carbons (Fsp3) is 0.417. The summed E-state index contributed by atoms with van der Waals surface area (Å²) in [6, 6.07) is 17.2. The van der Waals surface area contributed by atoms with Crippen molar-refractivity contribution in [2.24, 2.45) is 0 Å².